The minimum atomic E-state index is -1.05. The van der Waals surface area contributed by atoms with E-state index in [2.05, 4.69) is 0 Å². The molecule has 2 aromatic rings. The third-order valence-corrected chi connectivity index (χ3v) is 6.45. The molecule has 37 heavy (non-hydrogen) atoms. The van der Waals surface area contributed by atoms with Crippen LogP contribution in [-0.4, -0.2) is 101 Å². The Morgan fingerprint density at radius 3 is 2.41 bits per heavy atom. The van der Waals surface area contributed by atoms with E-state index in [1.165, 1.54) is 24.3 Å². The molecule has 0 aromatic heterocycles. The van der Waals surface area contributed by atoms with Crippen LogP contribution in [-0.2, 0) is 19.1 Å². The minimum Gasteiger partial charge on any atom is -0.490 e. The number of carbonyl (C=O) groups excluding carboxylic acids is 2. The van der Waals surface area contributed by atoms with Gasteiger partial charge in [-0.05, 0) is 36.4 Å². The number of ether oxygens (including phenoxy) is 4. The zero-order valence-corrected chi connectivity index (χ0v) is 21.4. The first-order valence-electron chi connectivity index (χ1n) is 12.4. The average Bonchev–Trinajstić information content (AvgIpc) is 2.92. The lowest BCUT2D eigenvalue weighted by Gasteiger charge is -2.43. The molecule has 2 aromatic carbocycles. The van der Waals surface area contributed by atoms with Crippen molar-refractivity contribution in [2.45, 2.75) is 12.0 Å². The van der Waals surface area contributed by atoms with E-state index >= 15 is 0 Å². The van der Waals surface area contributed by atoms with Crippen LogP contribution in [0.1, 0.15) is 6.42 Å². The van der Waals surface area contributed by atoms with Gasteiger partial charge in [0, 0.05) is 45.5 Å². The van der Waals surface area contributed by atoms with E-state index in [9.17, 15) is 14.0 Å². The molecular formula is C27H34FN3O6. The van der Waals surface area contributed by atoms with Gasteiger partial charge < -0.3 is 33.6 Å². The Morgan fingerprint density at radius 2 is 1.68 bits per heavy atom. The molecular weight excluding hydrogens is 481 g/mol. The molecule has 2 aliphatic rings. The quantitative estimate of drug-likeness (QED) is 0.507. The fourth-order valence-electron chi connectivity index (χ4n) is 4.34. The number of benzene rings is 2. The normalized spacial score (nSPS) is 19.9. The molecule has 0 spiro atoms. The summed E-state index contributed by atoms with van der Waals surface area (Å²) in [5.41, 5.74) is -0.0855. The lowest BCUT2D eigenvalue weighted by Crippen LogP contribution is -2.59. The number of nitrogens with zero attached hydrogens (tertiary/aromatic N) is 3. The van der Waals surface area contributed by atoms with Gasteiger partial charge in [-0.3, -0.25) is 9.59 Å². The van der Waals surface area contributed by atoms with E-state index in [1.54, 1.807) is 15.9 Å². The highest BCUT2D eigenvalue weighted by molar-refractivity contribution is 5.79. The molecule has 10 heteroatoms. The van der Waals surface area contributed by atoms with Gasteiger partial charge in [0.25, 0.3) is 5.91 Å². The molecule has 2 saturated heterocycles. The number of anilines is 1. The average molecular weight is 516 g/mol. The van der Waals surface area contributed by atoms with Crippen molar-refractivity contribution in [3.63, 3.8) is 0 Å². The molecule has 0 radical (unpaired) electrons. The highest BCUT2D eigenvalue weighted by Gasteiger charge is 2.42. The van der Waals surface area contributed by atoms with Crippen molar-refractivity contribution in [3.05, 3.63) is 54.3 Å². The predicted molar refractivity (Wildman–Crippen MR) is 135 cm³/mol. The van der Waals surface area contributed by atoms with Crippen LogP contribution >= 0.6 is 0 Å². The van der Waals surface area contributed by atoms with Crippen molar-refractivity contribution >= 4 is 17.5 Å². The summed E-state index contributed by atoms with van der Waals surface area (Å²) < 4.78 is 36.5. The van der Waals surface area contributed by atoms with Crippen LogP contribution in [0.2, 0.25) is 0 Å². The Balaban J connectivity index is 1.44. The fourth-order valence-corrected chi connectivity index (χ4v) is 4.34. The van der Waals surface area contributed by atoms with Crippen LogP contribution in [0, 0.1) is 5.82 Å². The molecule has 0 bridgehead atoms. The Bertz CT molecular complexity index is 1060. The molecule has 2 heterocycles. The SMILES string of the molecule is CN(C)c1cccc(OCC(=O)N2CCO[C@@](COc3ccc(F)cc3)(CC(=O)N3CCOCC3)C2)c1. The highest BCUT2D eigenvalue weighted by atomic mass is 19.1. The number of hydrogen-bond acceptors (Lipinski definition) is 7. The van der Waals surface area contributed by atoms with E-state index in [1.807, 2.05) is 37.2 Å². The van der Waals surface area contributed by atoms with E-state index in [4.69, 9.17) is 18.9 Å². The second kappa shape index (κ2) is 12.2. The molecule has 0 N–H and O–H groups in total. The predicted octanol–water partition coefficient (Wildman–Crippen LogP) is 2.20. The molecule has 2 amide bonds. The van der Waals surface area contributed by atoms with Gasteiger partial charge in [0.2, 0.25) is 5.91 Å². The molecule has 0 saturated carbocycles. The molecule has 1 atom stereocenters. The first-order chi connectivity index (χ1) is 17.8. The van der Waals surface area contributed by atoms with Gasteiger partial charge in [0.1, 0.15) is 29.5 Å². The number of hydrogen-bond donors (Lipinski definition) is 0. The Kier molecular flexibility index (Phi) is 8.83. The third-order valence-electron chi connectivity index (χ3n) is 6.45. The molecule has 200 valence electrons. The summed E-state index contributed by atoms with van der Waals surface area (Å²) in [4.78, 5) is 31.6. The standard InChI is InChI=1S/C27H34FN3O6/c1-29(2)22-4-3-5-24(16-22)35-18-26(33)31-12-15-37-27(19-31,17-25(32)30-10-13-34-14-11-30)20-36-23-8-6-21(28)7-9-23/h3-9,16H,10-15,17-20H2,1-2H3/t27-/m0/s1. The van der Waals surface area contributed by atoms with Gasteiger partial charge in [-0.2, -0.15) is 0 Å². The van der Waals surface area contributed by atoms with E-state index in [0.717, 1.165) is 5.69 Å². The van der Waals surface area contributed by atoms with Crippen molar-refractivity contribution in [2.24, 2.45) is 0 Å². The second-order valence-corrected chi connectivity index (χ2v) is 9.44. The summed E-state index contributed by atoms with van der Waals surface area (Å²) in [7, 11) is 3.87. The van der Waals surface area contributed by atoms with Crippen LogP contribution < -0.4 is 14.4 Å². The van der Waals surface area contributed by atoms with Crippen LogP contribution in [0.5, 0.6) is 11.5 Å². The minimum absolute atomic E-state index is 0.0320. The van der Waals surface area contributed by atoms with Crippen LogP contribution in [0.4, 0.5) is 10.1 Å². The lowest BCUT2D eigenvalue weighted by molar-refractivity contribution is -0.168. The maximum Gasteiger partial charge on any atom is 0.260 e. The van der Waals surface area contributed by atoms with Gasteiger partial charge in [0.15, 0.2) is 6.61 Å². The van der Waals surface area contributed by atoms with Gasteiger partial charge in [0.05, 0.1) is 32.8 Å². The van der Waals surface area contributed by atoms with Gasteiger partial charge >= 0.3 is 0 Å². The molecule has 4 rings (SSSR count). The smallest absolute Gasteiger partial charge is 0.260 e. The van der Waals surface area contributed by atoms with E-state index in [-0.39, 0.29) is 50.4 Å². The number of morpholine rings is 2. The van der Waals surface area contributed by atoms with Crippen LogP contribution in [0.3, 0.4) is 0 Å². The summed E-state index contributed by atoms with van der Waals surface area (Å²) in [6.07, 6.45) is 0.0453. The van der Waals surface area contributed by atoms with Crippen LogP contribution in [0.25, 0.3) is 0 Å². The number of amides is 2. The Morgan fingerprint density at radius 1 is 0.946 bits per heavy atom. The summed E-state index contributed by atoms with van der Waals surface area (Å²) in [5.74, 6) is 0.393. The maximum absolute atomic E-state index is 13.3. The number of rotatable bonds is 9. The molecule has 9 nitrogen and oxygen atoms in total. The number of halogens is 1. The first kappa shape index (κ1) is 26.7. The Labute approximate surface area is 216 Å². The van der Waals surface area contributed by atoms with Crippen molar-refractivity contribution in [1.82, 2.24) is 9.80 Å². The molecule has 0 unspecified atom stereocenters. The molecule has 2 fully saturated rings. The monoisotopic (exact) mass is 515 g/mol. The van der Waals surface area contributed by atoms with E-state index < -0.39 is 5.60 Å². The molecule has 2 aliphatic heterocycles. The lowest BCUT2D eigenvalue weighted by atomic mass is 9.96. The van der Waals surface area contributed by atoms with Crippen molar-refractivity contribution in [1.29, 1.82) is 0 Å². The third kappa shape index (κ3) is 7.33. The van der Waals surface area contributed by atoms with Gasteiger partial charge in [-0.15, -0.1) is 0 Å². The zero-order valence-electron chi connectivity index (χ0n) is 21.4. The second-order valence-electron chi connectivity index (χ2n) is 9.44. The largest absolute Gasteiger partial charge is 0.490 e. The van der Waals surface area contributed by atoms with Gasteiger partial charge in [-0.1, -0.05) is 6.07 Å². The first-order valence-corrected chi connectivity index (χ1v) is 12.4. The summed E-state index contributed by atoms with van der Waals surface area (Å²) in [5, 5.41) is 0. The maximum atomic E-state index is 13.3. The molecule has 0 aliphatic carbocycles. The summed E-state index contributed by atoms with van der Waals surface area (Å²) in [6.45, 7) is 2.70. The van der Waals surface area contributed by atoms with Crippen LogP contribution in [0.15, 0.2) is 48.5 Å². The van der Waals surface area contributed by atoms with Gasteiger partial charge in [-0.25, -0.2) is 4.39 Å². The number of carbonyl (C=O) groups is 2. The fraction of sp³-hybridized carbons (Fsp3) is 0.481. The highest BCUT2D eigenvalue weighted by Crippen LogP contribution is 2.26. The van der Waals surface area contributed by atoms with Crippen molar-refractivity contribution in [2.75, 3.05) is 78.2 Å². The topological polar surface area (TPSA) is 80.8 Å². The van der Waals surface area contributed by atoms with Crippen molar-refractivity contribution < 1.29 is 32.9 Å². The summed E-state index contributed by atoms with van der Waals surface area (Å²) >= 11 is 0. The zero-order chi connectivity index (χ0) is 26.3. The van der Waals surface area contributed by atoms with Crippen molar-refractivity contribution in [3.8, 4) is 11.5 Å². The Hall–Kier alpha value is -3.37. The van der Waals surface area contributed by atoms with E-state index in [0.29, 0.717) is 44.3 Å². The summed E-state index contributed by atoms with van der Waals surface area (Å²) in [6, 6.07) is 13.2.